The van der Waals surface area contributed by atoms with E-state index in [4.69, 9.17) is 4.74 Å². The van der Waals surface area contributed by atoms with Crippen LogP contribution in [0.15, 0.2) is 35.5 Å². The normalized spacial score (nSPS) is 11.5. The number of nitrogens with one attached hydrogen (secondary N) is 2. The molecule has 8 heteroatoms. The van der Waals surface area contributed by atoms with E-state index >= 15 is 0 Å². The summed E-state index contributed by atoms with van der Waals surface area (Å²) in [5, 5.41) is 6.38. The van der Waals surface area contributed by atoms with Crippen LogP contribution in [0.4, 0.5) is 0 Å². The molecule has 0 saturated heterocycles. The summed E-state index contributed by atoms with van der Waals surface area (Å²) in [6.07, 6.45) is 2.75. The maximum Gasteiger partial charge on any atom is 0.240 e. The predicted octanol–water partition coefficient (Wildman–Crippen LogP) is 1.11. The molecule has 0 spiro atoms. The second kappa shape index (κ2) is 7.19. The highest BCUT2D eigenvalue weighted by Crippen LogP contribution is 2.16. The molecule has 0 saturated carbocycles. The lowest BCUT2D eigenvalue weighted by Crippen LogP contribution is -2.26. The fourth-order valence-corrected chi connectivity index (χ4v) is 2.71. The van der Waals surface area contributed by atoms with Crippen LogP contribution in [0.25, 0.3) is 0 Å². The molecular formula is C13H18N4O3S. The maximum atomic E-state index is 12.1. The molecule has 0 atom stereocenters. The minimum atomic E-state index is -3.52. The van der Waals surface area contributed by atoms with Crippen LogP contribution in [0.3, 0.4) is 0 Å². The van der Waals surface area contributed by atoms with E-state index in [9.17, 15) is 8.42 Å². The van der Waals surface area contributed by atoms with Gasteiger partial charge in [-0.3, -0.25) is 5.10 Å². The van der Waals surface area contributed by atoms with Gasteiger partial charge in [0.1, 0.15) is 17.9 Å². The standard InChI is InChI=1S/C13H18N4O3S/c1-2-9-20-11-3-5-12(6-4-11)21(18,19)16-8-7-13-14-10-15-17-13/h3-6,10,16H,2,7-9H2,1H3,(H,14,15,17). The van der Waals surface area contributed by atoms with Crippen molar-refractivity contribution in [3.05, 3.63) is 36.4 Å². The van der Waals surface area contributed by atoms with Crippen LogP contribution in [-0.4, -0.2) is 36.8 Å². The van der Waals surface area contributed by atoms with Crippen LogP contribution >= 0.6 is 0 Å². The first-order valence-corrected chi connectivity index (χ1v) is 8.17. The summed E-state index contributed by atoms with van der Waals surface area (Å²) in [5.74, 6) is 1.30. The first-order valence-electron chi connectivity index (χ1n) is 6.68. The van der Waals surface area contributed by atoms with Crippen molar-refractivity contribution >= 4 is 10.0 Å². The molecule has 0 bridgehead atoms. The maximum absolute atomic E-state index is 12.1. The van der Waals surface area contributed by atoms with Crippen molar-refractivity contribution in [1.82, 2.24) is 19.9 Å². The van der Waals surface area contributed by atoms with E-state index in [1.807, 2.05) is 6.92 Å². The summed E-state index contributed by atoms with van der Waals surface area (Å²) in [6, 6.07) is 6.37. The van der Waals surface area contributed by atoms with Crippen molar-refractivity contribution in [2.45, 2.75) is 24.7 Å². The van der Waals surface area contributed by atoms with Crippen LogP contribution in [0.5, 0.6) is 5.75 Å². The predicted molar refractivity (Wildman–Crippen MR) is 77.5 cm³/mol. The molecular weight excluding hydrogens is 292 g/mol. The topological polar surface area (TPSA) is 97.0 Å². The SMILES string of the molecule is CCCOc1ccc(S(=O)(=O)NCCc2ncn[nH]2)cc1. The number of H-pyrrole nitrogens is 1. The van der Waals surface area contributed by atoms with Gasteiger partial charge >= 0.3 is 0 Å². The molecule has 0 aliphatic carbocycles. The second-order valence-electron chi connectivity index (χ2n) is 4.40. The van der Waals surface area contributed by atoms with Gasteiger partial charge in [-0.2, -0.15) is 5.10 Å². The first kappa shape index (κ1) is 15.5. The quantitative estimate of drug-likeness (QED) is 0.761. The molecule has 0 unspecified atom stereocenters. The Morgan fingerprint density at radius 1 is 1.29 bits per heavy atom. The van der Waals surface area contributed by atoms with Gasteiger partial charge in [0.2, 0.25) is 10.0 Å². The van der Waals surface area contributed by atoms with Crippen LogP contribution in [0.1, 0.15) is 19.2 Å². The summed E-state index contributed by atoms with van der Waals surface area (Å²) < 4.78 is 32.1. The second-order valence-corrected chi connectivity index (χ2v) is 6.17. The molecule has 2 aromatic rings. The Bertz CT molecular complexity index is 639. The average Bonchev–Trinajstić information content (AvgIpc) is 2.98. The molecule has 1 heterocycles. The third kappa shape index (κ3) is 4.54. The van der Waals surface area contributed by atoms with Gasteiger partial charge < -0.3 is 4.74 Å². The van der Waals surface area contributed by atoms with E-state index in [0.29, 0.717) is 24.6 Å². The lowest BCUT2D eigenvalue weighted by molar-refractivity contribution is 0.317. The third-order valence-electron chi connectivity index (χ3n) is 2.73. The van der Waals surface area contributed by atoms with Crippen molar-refractivity contribution in [2.75, 3.05) is 13.2 Å². The largest absolute Gasteiger partial charge is 0.494 e. The van der Waals surface area contributed by atoms with E-state index in [2.05, 4.69) is 19.9 Å². The highest BCUT2D eigenvalue weighted by Gasteiger charge is 2.13. The summed E-state index contributed by atoms with van der Waals surface area (Å²) in [7, 11) is -3.52. The first-order chi connectivity index (χ1) is 10.1. The van der Waals surface area contributed by atoms with Crippen LogP contribution in [-0.2, 0) is 16.4 Å². The fourth-order valence-electron chi connectivity index (χ4n) is 1.67. The zero-order chi connectivity index (χ0) is 15.1. The molecule has 0 radical (unpaired) electrons. The number of aromatic amines is 1. The Hall–Kier alpha value is -1.93. The molecule has 7 nitrogen and oxygen atoms in total. The van der Waals surface area contributed by atoms with Gasteiger partial charge in [-0.25, -0.2) is 18.1 Å². The molecule has 0 amide bonds. The highest BCUT2D eigenvalue weighted by molar-refractivity contribution is 7.89. The van der Waals surface area contributed by atoms with Crippen LogP contribution in [0.2, 0.25) is 0 Å². The van der Waals surface area contributed by atoms with Crippen molar-refractivity contribution in [2.24, 2.45) is 0 Å². The number of hydrogen-bond donors (Lipinski definition) is 2. The van der Waals surface area contributed by atoms with E-state index < -0.39 is 10.0 Å². The fraction of sp³-hybridized carbons (Fsp3) is 0.385. The zero-order valence-electron chi connectivity index (χ0n) is 11.7. The van der Waals surface area contributed by atoms with Gasteiger partial charge in [-0.1, -0.05) is 6.92 Å². The lowest BCUT2D eigenvalue weighted by atomic mass is 10.3. The van der Waals surface area contributed by atoms with Crippen molar-refractivity contribution in [3.63, 3.8) is 0 Å². The number of hydrogen-bond acceptors (Lipinski definition) is 5. The van der Waals surface area contributed by atoms with Crippen molar-refractivity contribution in [1.29, 1.82) is 0 Å². The minimum Gasteiger partial charge on any atom is -0.494 e. The van der Waals surface area contributed by atoms with Gasteiger partial charge in [-0.05, 0) is 30.7 Å². The Morgan fingerprint density at radius 2 is 2.05 bits per heavy atom. The number of nitrogens with zero attached hydrogens (tertiary/aromatic N) is 2. The zero-order valence-corrected chi connectivity index (χ0v) is 12.6. The van der Waals surface area contributed by atoms with Crippen LogP contribution in [0, 0.1) is 0 Å². The summed E-state index contributed by atoms with van der Waals surface area (Å²) >= 11 is 0. The molecule has 2 rings (SSSR count). The van der Waals surface area contributed by atoms with E-state index in [1.54, 1.807) is 12.1 Å². The van der Waals surface area contributed by atoms with Crippen molar-refractivity contribution in [3.8, 4) is 5.75 Å². The highest BCUT2D eigenvalue weighted by atomic mass is 32.2. The average molecular weight is 310 g/mol. The van der Waals surface area contributed by atoms with Gasteiger partial charge in [0.25, 0.3) is 0 Å². The molecule has 21 heavy (non-hydrogen) atoms. The number of aromatic nitrogens is 3. The lowest BCUT2D eigenvalue weighted by Gasteiger charge is -2.08. The molecule has 114 valence electrons. The molecule has 2 N–H and O–H groups in total. The van der Waals surface area contributed by atoms with Gasteiger partial charge in [0.05, 0.1) is 11.5 Å². The summed E-state index contributed by atoms with van der Waals surface area (Å²) in [4.78, 5) is 4.14. The molecule has 0 aliphatic heterocycles. The Kier molecular flexibility index (Phi) is 5.29. The van der Waals surface area contributed by atoms with Crippen LogP contribution < -0.4 is 9.46 Å². The summed E-state index contributed by atoms with van der Waals surface area (Å²) in [5.41, 5.74) is 0. The molecule has 0 aliphatic rings. The van der Waals surface area contributed by atoms with Gasteiger partial charge in [0, 0.05) is 13.0 Å². The van der Waals surface area contributed by atoms with E-state index in [-0.39, 0.29) is 11.4 Å². The van der Waals surface area contributed by atoms with Crippen molar-refractivity contribution < 1.29 is 13.2 Å². The third-order valence-corrected chi connectivity index (χ3v) is 4.20. The number of benzene rings is 1. The molecule has 0 fully saturated rings. The van der Waals surface area contributed by atoms with E-state index in [1.165, 1.54) is 18.5 Å². The molecule has 1 aromatic carbocycles. The number of sulfonamides is 1. The van der Waals surface area contributed by atoms with Gasteiger partial charge in [-0.15, -0.1) is 0 Å². The summed E-state index contributed by atoms with van der Waals surface area (Å²) in [6.45, 7) is 2.88. The molecule has 1 aromatic heterocycles. The van der Waals surface area contributed by atoms with E-state index in [0.717, 1.165) is 6.42 Å². The number of rotatable bonds is 8. The smallest absolute Gasteiger partial charge is 0.240 e. The Balaban J connectivity index is 1.92. The Morgan fingerprint density at radius 3 is 2.67 bits per heavy atom. The van der Waals surface area contributed by atoms with Gasteiger partial charge in [0.15, 0.2) is 0 Å². The number of ether oxygens (including phenoxy) is 1. The monoisotopic (exact) mass is 310 g/mol. The minimum absolute atomic E-state index is 0.212. The Labute approximate surface area is 123 Å².